The molecule has 2 saturated heterocycles. The van der Waals surface area contributed by atoms with E-state index >= 15 is 0 Å². The van der Waals surface area contributed by atoms with Gasteiger partial charge in [-0.05, 0) is 98.3 Å². The normalized spacial score (nSPS) is 18.5. The van der Waals surface area contributed by atoms with E-state index in [4.69, 9.17) is 4.98 Å². The van der Waals surface area contributed by atoms with E-state index in [9.17, 15) is 12.8 Å². The van der Waals surface area contributed by atoms with Gasteiger partial charge in [-0.15, -0.1) is 0 Å². The molecule has 2 fully saturated rings. The number of pyridine rings is 2. The molecule has 0 radical (unpaired) electrons. The van der Waals surface area contributed by atoms with Crippen LogP contribution in [0.5, 0.6) is 0 Å². The second-order valence-corrected chi connectivity index (χ2v) is 13.5. The molecule has 0 N–H and O–H groups in total. The molecule has 2 aromatic carbocycles. The first-order valence-electron chi connectivity index (χ1n) is 15.5. The van der Waals surface area contributed by atoms with Crippen molar-refractivity contribution in [3.8, 4) is 11.1 Å². The molecule has 226 valence electrons. The highest BCUT2D eigenvalue weighted by atomic mass is 32.2. The lowest BCUT2D eigenvalue weighted by Crippen LogP contribution is -2.48. The van der Waals surface area contributed by atoms with Gasteiger partial charge in [-0.25, -0.2) is 17.8 Å². The maximum absolute atomic E-state index is 13.8. The van der Waals surface area contributed by atoms with E-state index in [0.29, 0.717) is 22.3 Å². The maximum Gasteiger partial charge on any atom is 0.243 e. The SMILES string of the molecule is CCCCc1cc(-c2ccc(F)cc2)cc(N2CCN(CC[C@@H]3CCCN3S(=O)(=O)c3cccc4ncccc34)CC2)n1. The summed E-state index contributed by atoms with van der Waals surface area (Å²) in [6.07, 6.45) is 7.41. The van der Waals surface area contributed by atoms with Gasteiger partial charge in [-0.3, -0.25) is 9.88 Å². The number of fused-ring (bicyclic) bond motifs is 1. The third-order valence-electron chi connectivity index (χ3n) is 8.82. The van der Waals surface area contributed by atoms with Crippen LogP contribution in [-0.4, -0.2) is 72.9 Å². The fourth-order valence-electron chi connectivity index (χ4n) is 6.40. The molecule has 4 heterocycles. The highest BCUT2D eigenvalue weighted by molar-refractivity contribution is 7.89. The molecule has 0 spiro atoms. The van der Waals surface area contributed by atoms with Gasteiger partial charge in [0.1, 0.15) is 11.6 Å². The summed E-state index contributed by atoms with van der Waals surface area (Å²) >= 11 is 0. The largest absolute Gasteiger partial charge is 0.354 e. The molecule has 7 nitrogen and oxygen atoms in total. The summed E-state index contributed by atoms with van der Waals surface area (Å²) in [5, 5.41) is 0.682. The Kier molecular flexibility index (Phi) is 9.02. The number of anilines is 1. The molecular formula is C34H40FN5O2S. The first kappa shape index (κ1) is 29.7. The fourth-order valence-corrected chi connectivity index (χ4v) is 8.33. The first-order chi connectivity index (χ1) is 20.9. The Morgan fingerprint density at radius 3 is 2.53 bits per heavy atom. The number of benzene rings is 2. The molecule has 43 heavy (non-hydrogen) atoms. The minimum atomic E-state index is -3.62. The third-order valence-corrected chi connectivity index (χ3v) is 10.8. The summed E-state index contributed by atoms with van der Waals surface area (Å²) in [7, 11) is -3.62. The first-order valence-corrected chi connectivity index (χ1v) is 17.0. The predicted octanol–water partition coefficient (Wildman–Crippen LogP) is 6.14. The summed E-state index contributed by atoms with van der Waals surface area (Å²) < 4.78 is 42.9. The van der Waals surface area contributed by atoms with Crippen molar-refractivity contribution in [2.45, 2.75) is 56.4 Å². The van der Waals surface area contributed by atoms with Crippen LogP contribution in [0.1, 0.15) is 44.7 Å². The number of piperazine rings is 1. The Bertz CT molecular complexity index is 1650. The van der Waals surface area contributed by atoms with Gasteiger partial charge < -0.3 is 4.90 Å². The molecule has 2 aromatic heterocycles. The second-order valence-electron chi connectivity index (χ2n) is 11.7. The maximum atomic E-state index is 13.8. The smallest absolute Gasteiger partial charge is 0.243 e. The van der Waals surface area contributed by atoms with Crippen LogP contribution in [0, 0.1) is 5.82 Å². The number of aryl methyl sites for hydroxylation is 1. The van der Waals surface area contributed by atoms with E-state index in [0.717, 1.165) is 93.9 Å². The highest BCUT2D eigenvalue weighted by Crippen LogP contribution is 2.32. The Hall–Kier alpha value is -3.40. The van der Waals surface area contributed by atoms with Crippen LogP contribution < -0.4 is 4.90 Å². The van der Waals surface area contributed by atoms with Gasteiger partial charge in [0.05, 0.1) is 10.4 Å². The summed E-state index contributed by atoms with van der Waals surface area (Å²) in [4.78, 5) is 14.5. The van der Waals surface area contributed by atoms with Gasteiger partial charge in [0.15, 0.2) is 0 Å². The van der Waals surface area contributed by atoms with Crippen LogP contribution in [-0.2, 0) is 16.4 Å². The van der Waals surface area contributed by atoms with Crippen molar-refractivity contribution in [2.75, 3.05) is 44.2 Å². The van der Waals surface area contributed by atoms with E-state index < -0.39 is 10.0 Å². The standard InChI is InChI=1S/C34H40FN5O2S/c1-2-3-7-29-24-27(26-12-14-28(35)15-13-26)25-34(37-29)39-22-20-38(21-23-39)19-16-30-8-6-18-40(30)43(41,42)33-11-4-10-32-31(33)9-5-17-36-32/h4-5,9-15,17,24-25,30H,2-3,6-8,16,18-23H2,1H3/t30-/m0/s1. The van der Waals surface area contributed by atoms with Crippen molar-refractivity contribution in [3.63, 3.8) is 0 Å². The van der Waals surface area contributed by atoms with Crippen LogP contribution in [0.4, 0.5) is 10.2 Å². The Labute approximate surface area is 254 Å². The zero-order chi connectivity index (χ0) is 29.8. The molecule has 0 amide bonds. The van der Waals surface area contributed by atoms with Crippen LogP contribution in [0.3, 0.4) is 0 Å². The second kappa shape index (κ2) is 13.1. The zero-order valence-electron chi connectivity index (χ0n) is 24.8. The van der Waals surface area contributed by atoms with E-state index in [1.54, 1.807) is 28.7 Å². The molecule has 0 aliphatic carbocycles. The molecule has 6 rings (SSSR count). The molecule has 4 aromatic rings. The van der Waals surface area contributed by atoms with E-state index in [1.807, 2.05) is 24.3 Å². The molecule has 9 heteroatoms. The molecular weight excluding hydrogens is 561 g/mol. The number of rotatable bonds is 10. The zero-order valence-corrected chi connectivity index (χ0v) is 25.6. The van der Waals surface area contributed by atoms with Crippen LogP contribution in [0.15, 0.2) is 77.8 Å². The lowest BCUT2D eigenvalue weighted by Gasteiger charge is -2.36. The van der Waals surface area contributed by atoms with Gasteiger partial charge in [0.2, 0.25) is 10.0 Å². The van der Waals surface area contributed by atoms with E-state index in [-0.39, 0.29) is 11.9 Å². The van der Waals surface area contributed by atoms with E-state index in [1.165, 1.54) is 12.1 Å². The minimum Gasteiger partial charge on any atom is -0.354 e. The van der Waals surface area contributed by atoms with Crippen LogP contribution in [0.2, 0.25) is 0 Å². The summed E-state index contributed by atoms with van der Waals surface area (Å²) in [5.41, 5.74) is 3.85. The van der Waals surface area contributed by atoms with Gasteiger partial charge in [0.25, 0.3) is 0 Å². The average molecular weight is 602 g/mol. The average Bonchev–Trinajstić information content (AvgIpc) is 3.53. The lowest BCUT2D eigenvalue weighted by molar-refractivity contribution is 0.231. The molecule has 2 aliphatic rings. The Morgan fingerprint density at radius 2 is 1.74 bits per heavy atom. The Morgan fingerprint density at radius 1 is 0.930 bits per heavy atom. The van der Waals surface area contributed by atoms with Crippen molar-refractivity contribution >= 4 is 26.7 Å². The van der Waals surface area contributed by atoms with Crippen molar-refractivity contribution in [3.05, 3.63) is 84.4 Å². The fraction of sp³-hybridized carbons (Fsp3) is 0.412. The number of unbranched alkanes of at least 4 members (excludes halogenated alkanes) is 1. The highest BCUT2D eigenvalue weighted by Gasteiger charge is 2.36. The van der Waals surface area contributed by atoms with Crippen molar-refractivity contribution in [1.29, 1.82) is 0 Å². The monoisotopic (exact) mass is 601 g/mol. The molecule has 0 unspecified atom stereocenters. The van der Waals surface area contributed by atoms with Gasteiger partial charge in [-0.1, -0.05) is 31.5 Å². The number of nitrogens with zero attached hydrogens (tertiary/aromatic N) is 5. The van der Waals surface area contributed by atoms with Crippen LogP contribution >= 0.6 is 0 Å². The van der Waals surface area contributed by atoms with Gasteiger partial charge in [-0.2, -0.15) is 4.31 Å². The summed E-state index contributed by atoms with van der Waals surface area (Å²) in [6, 6.07) is 19.9. The van der Waals surface area contributed by atoms with Crippen molar-refractivity contribution in [2.24, 2.45) is 0 Å². The summed E-state index contributed by atoms with van der Waals surface area (Å²) in [6.45, 7) is 7.15. The molecule has 2 aliphatic heterocycles. The topological polar surface area (TPSA) is 69.6 Å². The predicted molar refractivity (Wildman–Crippen MR) is 170 cm³/mol. The lowest BCUT2D eigenvalue weighted by atomic mass is 10.0. The van der Waals surface area contributed by atoms with Crippen LogP contribution in [0.25, 0.3) is 22.0 Å². The third kappa shape index (κ3) is 6.59. The van der Waals surface area contributed by atoms with E-state index in [2.05, 4.69) is 33.8 Å². The van der Waals surface area contributed by atoms with Gasteiger partial charge >= 0.3 is 0 Å². The van der Waals surface area contributed by atoms with Gasteiger partial charge in [0, 0.05) is 56.0 Å². The minimum absolute atomic E-state index is 0.00476. The number of hydrogen-bond acceptors (Lipinski definition) is 6. The number of sulfonamides is 1. The number of hydrogen-bond donors (Lipinski definition) is 0. The molecule has 1 atom stereocenters. The van der Waals surface area contributed by atoms with Crippen molar-refractivity contribution in [1.82, 2.24) is 19.2 Å². The molecule has 0 bridgehead atoms. The number of halogens is 1. The number of aromatic nitrogens is 2. The summed E-state index contributed by atoms with van der Waals surface area (Å²) in [5.74, 6) is 0.745. The Balaban J connectivity index is 1.10. The quantitative estimate of drug-likeness (QED) is 0.217. The van der Waals surface area contributed by atoms with Crippen molar-refractivity contribution < 1.29 is 12.8 Å². The molecule has 0 saturated carbocycles.